The molecule has 26 heavy (non-hydrogen) atoms. The number of hydrogen-bond acceptors (Lipinski definition) is 3. The highest BCUT2D eigenvalue weighted by atomic mass is 79.9. The zero-order chi connectivity index (χ0) is 18.1. The minimum atomic E-state index is 0.0368. The van der Waals surface area contributed by atoms with Gasteiger partial charge in [0.05, 0.1) is 6.54 Å². The van der Waals surface area contributed by atoms with E-state index in [0.29, 0.717) is 19.0 Å². The number of amides is 2. The Morgan fingerprint density at radius 2 is 2.00 bits per heavy atom. The van der Waals surface area contributed by atoms with Crippen LogP contribution in [0.25, 0.3) is 0 Å². The van der Waals surface area contributed by atoms with Crippen LogP contribution in [0.2, 0.25) is 0 Å². The Hall–Kier alpha value is -2.34. The van der Waals surface area contributed by atoms with Gasteiger partial charge in [0.25, 0.3) is 0 Å². The number of anilines is 2. The average molecular weight is 414 g/mol. The Kier molecular flexibility index (Phi) is 4.68. The fourth-order valence-electron chi connectivity index (χ4n) is 3.44. The van der Waals surface area contributed by atoms with Crippen molar-refractivity contribution in [1.29, 1.82) is 0 Å². The van der Waals surface area contributed by atoms with Gasteiger partial charge in [-0.2, -0.15) is 0 Å². The normalized spacial score (nSPS) is 21.9. The van der Waals surface area contributed by atoms with Crippen molar-refractivity contribution in [3.63, 3.8) is 0 Å². The smallest absolute Gasteiger partial charge is 0.239 e. The number of carbonyl (C=O) groups is 2. The zero-order valence-corrected chi connectivity index (χ0v) is 15.8. The van der Waals surface area contributed by atoms with Gasteiger partial charge in [0.15, 0.2) is 0 Å². The number of nitrogens with zero attached hydrogens (tertiary/aromatic N) is 1. The maximum absolute atomic E-state index is 12.5. The number of halogens is 1. The topological polar surface area (TPSA) is 61.4 Å². The molecule has 2 N–H and O–H groups in total. The van der Waals surface area contributed by atoms with Crippen molar-refractivity contribution in [3.8, 4) is 0 Å². The molecule has 0 bridgehead atoms. The van der Waals surface area contributed by atoms with E-state index in [0.717, 1.165) is 28.8 Å². The van der Waals surface area contributed by atoms with Crippen molar-refractivity contribution in [3.05, 3.63) is 58.6 Å². The molecule has 4 rings (SSSR count). The van der Waals surface area contributed by atoms with E-state index < -0.39 is 0 Å². The van der Waals surface area contributed by atoms with Crippen molar-refractivity contribution < 1.29 is 9.59 Å². The number of benzene rings is 2. The highest BCUT2D eigenvalue weighted by Crippen LogP contribution is 2.48. The molecule has 2 amide bonds. The lowest BCUT2D eigenvalue weighted by Crippen LogP contribution is -2.47. The first-order valence-corrected chi connectivity index (χ1v) is 9.57. The van der Waals surface area contributed by atoms with Gasteiger partial charge in [0.1, 0.15) is 0 Å². The van der Waals surface area contributed by atoms with Gasteiger partial charge in [-0.15, -0.1) is 0 Å². The van der Waals surface area contributed by atoms with Gasteiger partial charge in [-0.1, -0.05) is 28.1 Å². The quantitative estimate of drug-likeness (QED) is 0.809. The Labute approximate surface area is 160 Å². The molecule has 1 saturated carbocycles. The summed E-state index contributed by atoms with van der Waals surface area (Å²) in [5.41, 5.74) is 3.00. The third kappa shape index (κ3) is 3.75. The van der Waals surface area contributed by atoms with Crippen LogP contribution in [0.5, 0.6) is 0 Å². The van der Waals surface area contributed by atoms with Crippen LogP contribution in [0.3, 0.4) is 0 Å². The maximum Gasteiger partial charge on any atom is 0.239 e. The molecule has 1 saturated heterocycles. The highest BCUT2D eigenvalue weighted by molar-refractivity contribution is 9.10. The summed E-state index contributed by atoms with van der Waals surface area (Å²) in [7, 11) is 0. The molecule has 1 aliphatic heterocycles. The summed E-state index contributed by atoms with van der Waals surface area (Å²) in [6, 6.07) is 15.9. The van der Waals surface area contributed by atoms with E-state index >= 15 is 0 Å². The van der Waals surface area contributed by atoms with Gasteiger partial charge in [-0.25, -0.2) is 0 Å². The predicted molar refractivity (Wildman–Crippen MR) is 105 cm³/mol. The van der Waals surface area contributed by atoms with E-state index in [2.05, 4.69) is 38.7 Å². The zero-order valence-electron chi connectivity index (χ0n) is 14.2. The number of carbonyl (C=O) groups excluding carboxylic acids is 2. The molecule has 6 heteroatoms. The first kappa shape index (κ1) is 17.1. The van der Waals surface area contributed by atoms with Crippen LogP contribution in [0.15, 0.2) is 53.0 Å². The number of piperazine rings is 1. The van der Waals surface area contributed by atoms with Crippen LogP contribution in [0, 0.1) is 5.92 Å². The molecule has 2 aromatic carbocycles. The van der Waals surface area contributed by atoms with Crippen molar-refractivity contribution in [1.82, 2.24) is 5.32 Å². The van der Waals surface area contributed by atoms with Gasteiger partial charge in [-0.3, -0.25) is 9.59 Å². The van der Waals surface area contributed by atoms with Crippen molar-refractivity contribution in [2.24, 2.45) is 5.92 Å². The minimum absolute atomic E-state index is 0.0368. The highest BCUT2D eigenvalue weighted by Gasteiger charge is 2.43. The molecule has 134 valence electrons. The summed E-state index contributed by atoms with van der Waals surface area (Å²) in [6.07, 6.45) is 0.892. The van der Waals surface area contributed by atoms with Crippen LogP contribution in [0.4, 0.5) is 11.4 Å². The number of nitrogens with one attached hydrogen (secondary N) is 2. The minimum Gasteiger partial charge on any atom is -0.360 e. The summed E-state index contributed by atoms with van der Waals surface area (Å²) in [4.78, 5) is 26.0. The fraction of sp³-hybridized carbons (Fsp3) is 0.300. The maximum atomic E-state index is 12.5. The predicted octanol–water partition coefficient (Wildman–Crippen LogP) is 3.13. The standard InChI is InChI=1S/C20H20BrN3O2/c21-14-3-1-2-13(10-14)17-11-18(17)20(26)23-15-4-6-16(7-5-15)24-9-8-22-19(25)12-24/h1-7,10,17-18H,8-9,11-12H2,(H,22,25)(H,23,26). The lowest BCUT2D eigenvalue weighted by atomic mass is 10.1. The molecule has 0 spiro atoms. The molecule has 2 aliphatic rings. The van der Waals surface area contributed by atoms with Gasteiger partial charge >= 0.3 is 0 Å². The monoisotopic (exact) mass is 413 g/mol. The Balaban J connectivity index is 1.36. The second-order valence-corrected chi connectivity index (χ2v) is 7.73. The van der Waals surface area contributed by atoms with Crippen LogP contribution < -0.4 is 15.5 Å². The Morgan fingerprint density at radius 1 is 1.19 bits per heavy atom. The second-order valence-electron chi connectivity index (χ2n) is 6.81. The van der Waals surface area contributed by atoms with Gasteiger partial charge in [0.2, 0.25) is 11.8 Å². The lowest BCUT2D eigenvalue weighted by Gasteiger charge is -2.28. The van der Waals surface area contributed by atoms with Crippen LogP contribution >= 0.6 is 15.9 Å². The van der Waals surface area contributed by atoms with E-state index in [9.17, 15) is 9.59 Å². The first-order chi connectivity index (χ1) is 12.6. The number of rotatable bonds is 4. The molecule has 0 aromatic heterocycles. The molecule has 1 aliphatic carbocycles. The first-order valence-electron chi connectivity index (χ1n) is 8.78. The summed E-state index contributed by atoms with van der Waals surface area (Å²) in [6.45, 7) is 1.84. The van der Waals surface area contributed by atoms with Crippen molar-refractivity contribution in [2.45, 2.75) is 12.3 Å². The van der Waals surface area contributed by atoms with Crippen LogP contribution in [0.1, 0.15) is 17.9 Å². The number of hydrogen-bond donors (Lipinski definition) is 2. The third-order valence-corrected chi connectivity index (χ3v) is 5.44. The van der Waals surface area contributed by atoms with Crippen LogP contribution in [-0.4, -0.2) is 31.4 Å². The van der Waals surface area contributed by atoms with Gasteiger partial charge < -0.3 is 15.5 Å². The van der Waals surface area contributed by atoms with Crippen molar-refractivity contribution >= 4 is 39.1 Å². The molecular formula is C20H20BrN3O2. The Morgan fingerprint density at radius 3 is 2.73 bits per heavy atom. The summed E-state index contributed by atoms with van der Waals surface area (Å²) in [5, 5.41) is 5.83. The lowest BCUT2D eigenvalue weighted by molar-refractivity contribution is -0.120. The molecule has 2 atom stereocenters. The summed E-state index contributed by atoms with van der Waals surface area (Å²) >= 11 is 3.48. The fourth-order valence-corrected chi connectivity index (χ4v) is 3.86. The van der Waals surface area contributed by atoms with E-state index in [1.165, 1.54) is 5.56 Å². The SMILES string of the molecule is O=C1CN(c2ccc(NC(=O)C3CC3c3cccc(Br)c3)cc2)CCN1. The molecule has 2 fully saturated rings. The second kappa shape index (κ2) is 7.11. The Bertz CT molecular complexity index is 837. The molecule has 1 heterocycles. The summed E-state index contributed by atoms with van der Waals surface area (Å²) in [5.74, 6) is 0.453. The van der Waals surface area contributed by atoms with E-state index in [1.54, 1.807) is 0 Å². The van der Waals surface area contributed by atoms with Gasteiger partial charge in [-0.05, 0) is 54.3 Å². The molecule has 2 aromatic rings. The van der Waals surface area contributed by atoms with Crippen molar-refractivity contribution in [2.75, 3.05) is 29.9 Å². The van der Waals surface area contributed by atoms with E-state index in [4.69, 9.17) is 0 Å². The summed E-state index contributed by atoms with van der Waals surface area (Å²) < 4.78 is 1.04. The van der Waals surface area contributed by atoms with Crippen LogP contribution in [-0.2, 0) is 9.59 Å². The molecule has 5 nitrogen and oxygen atoms in total. The third-order valence-electron chi connectivity index (χ3n) is 4.94. The largest absolute Gasteiger partial charge is 0.360 e. The molecule has 0 radical (unpaired) electrons. The van der Waals surface area contributed by atoms with E-state index in [1.807, 2.05) is 41.3 Å². The molecule has 2 unspecified atom stereocenters. The van der Waals surface area contributed by atoms with E-state index in [-0.39, 0.29) is 17.7 Å². The van der Waals surface area contributed by atoms with Gasteiger partial charge in [0, 0.05) is 34.9 Å². The molecular weight excluding hydrogens is 394 g/mol. The average Bonchev–Trinajstić information content (AvgIpc) is 3.43.